The Morgan fingerprint density at radius 3 is 2.77 bits per heavy atom. The molecule has 1 heterocycles. The van der Waals surface area contributed by atoms with Gasteiger partial charge in [0.05, 0.1) is 17.7 Å². The standard InChI is InChI=1S/C19H16BrClN2O3/c1-26-19(25)17(23-18(24)13-4-2-3-5-15(13)21)8-11-10-22-16-7-6-12(20)9-14(11)16/h2-7,9-10,17,22H,8H2,1H3,(H,23,24). The highest BCUT2D eigenvalue weighted by Crippen LogP contribution is 2.24. The number of nitrogens with one attached hydrogen (secondary N) is 2. The Hall–Kier alpha value is -2.31. The van der Waals surface area contributed by atoms with Crippen LogP contribution in [0, 0.1) is 0 Å². The van der Waals surface area contributed by atoms with Crippen molar-refractivity contribution in [2.45, 2.75) is 12.5 Å². The van der Waals surface area contributed by atoms with Crippen molar-refractivity contribution in [2.75, 3.05) is 7.11 Å². The van der Waals surface area contributed by atoms with Crippen LogP contribution in [0.2, 0.25) is 5.02 Å². The minimum absolute atomic E-state index is 0.291. The van der Waals surface area contributed by atoms with Gasteiger partial charge < -0.3 is 15.0 Å². The Morgan fingerprint density at radius 2 is 2.04 bits per heavy atom. The van der Waals surface area contributed by atoms with Crippen LogP contribution in [0.4, 0.5) is 0 Å². The molecule has 2 N–H and O–H groups in total. The topological polar surface area (TPSA) is 71.2 Å². The highest BCUT2D eigenvalue weighted by atomic mass is 79.9. The quantitative estimate of drug-likeness (QED) is 0.593. The first-order valence-corrected chi connectivity index (χ1v) is 9.05. The average molecular weight is 436 g/mol. The highest BCUT2D eigenvalue weighted by molar-refractivity contribution is 9.10. The van der Waals surface area contributed by atoms with Gasteiger partial charge >= 0.3 is 5.97 Å². The Balaban J connectivity index is 1.86. The molecule has 1 aromatic heterocycles. The molecule has 7 heteroatoms. The number of halogens is 2. The summed E-state index contributed by atoms with van der Waals surface area (Å²) in [6, 6.07) is 11.7. The summed E-state index contributed by atoms with van der Waals surface area (Å²) in [5.74, 6) is -0.943. The summed E-state index contributed by atoms with van der Waals surface area (Å²) in [5.41, 5.74) is 2.16. The predicted octanol–water partition coefficient (Wildman–Crippen LogP) is 4.10. The molecule has 0 fully saturated rings. The first-order valence-electron chi connectivity index (χ1n) is 7.88. The third-order valence-corrected chi connectivity index (χ3v) is 4.89. The third-order valence-electron chi connectivity index (χ3n) is 4.06. The van der Waals surface area contributed by atoms with E-state index in [4.69, 9.17) is 16.3 Å². The molecule has 3 rings (SSSR count). The highest BCUT2D eigenvalue weighted by Gasteiger charge is 2.24. The molecule has 0 aliphatic carbocycles. The number of aromatic nitrogens is 1. The number of hydrogen-bond donors (Lipinski definition) is 2. The first-order chi connectivity index (χ1) is 12.5. The van der Waals surface area contributed by atoms with Crippen molar-refractivity contribution in [1.29, 1.82) is 0 Å². The molecule has 0 spiro atoms. The second-order valence-corrected chi connectivity index (χ2v) is 7.06. The van der Waals surface area contributed by atoms with Crippen LogP contribution in [0.1, 0.15) is 15.9 Å². The Morgan fingerprint density at radius 1 is 1.27 bits per heavy atom. The van der Waals surface area contributed by atoms with Gasteiger partial charge in [-0.3, -0.25) is 4.79 Å². The second kappa shape index (κ2) is 7.93. The van der Waals surface area contributed by atoms with Crippen LogP contribution in [-0.4, -0.2) is 30.0 Å². The first kappa shape index (κ1) is 18.5. The largest absolute Gasteiger partial charge is 0.467 e. The summed E-state index contributed by atoms with van der Waals surface area (Å²) in [6.07, 6.45) is 2.12. The van der Waals surface area contributed by atoms with E-state index in [-0.39, 0.29) is 0 Å². The van der Waals surface area contributed by atoms with Gasteiger partial charge in [-0.2, -0.15) is 0 Å². The lowest BCUT2D eigenvalue weighted by Gasteiger charge is -2.17. The van der Waals surface area contributed by atoms with E-state index in [0.29, 0.717) is 17.0 Å². The molecule has 134 valence electrons. The zero-order valence-corrected chi connectivity index (χ0v) is 16.2. The lowest BCUT2D eigenvalue weighted by molar-refractivity contribution is -0.142. The summed E-state index contributed by atoms with van der Waals surface area (Å²) in [7, 11) is 1.29. The maximum Gasteiger partial charge on any atom is 0.328 e. The second-order valence-electron chi connectivity index (χ2n) is 5.74. The number of carbonyl (C=O) groups is 2. The number of methoxy groups -OCH3 is 1. The van der Waals surface area contributed by atoms with Crippen LogP contribution >= 0.6 is 27.5 Å². The lowest BCUT2D eigenvalue weighted by Crippen LogP contribution is -2.43. The summed E-state index contributed by atoms with van der Waals surface area (Å²) in [5, 5.41) is 4.02. The Bertz CT molecular complexity index is 970. The zero-order chi connectivity index (χ0) is 18.7. The smallest absolute Gasteiger partial charge is 0.328 e. The van der Waals surface area contributed by atoms with E-state index in [1.165, 1.54) is 7.11 Å². The molecular weight excluding hydrogens is 420 g/mol. The normalized spacial score (nSPS) is 12.0. The number of carbonyl (C=O) groups excluding carboxylic acids is 2. The van der Waals surface area contributed by atoms with Crippen LogP contribution in [0.5, 0.6) is 0 Å². The van der Waals surface area contributed by atoms with Gasteiger partial charge in [0.15, 0.2) is 0 Å². The van der Waals surface area contributed by atoms with Crippen LogP contribution in [-0.2, 0) is 16.0 Å². The number of aromatic amines is 1. The molecular formula is C19H16BrClN2O3. The molecule has 1 unspecified atom stereocenters. The van der Waals surface area contributed by atoms with Crippen LogP contribution in [0.3, 0.4) is 0 Å². The molecule has 1 atom stereocenters. The number of amides is 1. The van der Waals surface area contributed by atoms with Crippen LogP contribution in [0.15, 0.2) is 53.1 Å². The van der Waals surface area contributed by atoms with E-state index in [9.17, 15) is 9.59 Å². The Kier molecular flexibility index (Phi) is 5.64. The van der Waals surface area contributed by atoms with Gasteiger partial charge in [0.25, 0.3) is 5.91 Å². The van der Waals surface area contributed by atoms with Gasteiger partial charge in [-0.05, 0) is 35.9 Å². The van der Waals surface area contributed by atoms with Gasteiger partial charge in [0.1, 0.15) is 6.04 Å². The lowest BCUT2D eigenvalue weighted by atomic mass is 10.0. The molecule has 5 nitrogen and oxygen atoms in total. The molecule has 2 aromatic carbocycles. The average Bonchev–Trinajstić information content (AvgIpc) is 3.02. The van der Waals surface area contributed by atoms with Crippen molar-refractivity contribution in [3.05, 3.63) is 69.3 Å². The SMILES string of the molecule is COC(=O)C(Cc1c[nH]c2ccc(Br)cc12)NC(=O)c1ccccc1Cl. The maximum atomic E-state index is 12.5. The Labute approximate surface area is 163 Å². The fourth-order valence-electron chi connectivity index (χ4n) is 2.76. The molecule has 0 aliphatic heterocycles. The van der Waals surface area contributed by atoms with Crippen molar-refractivity contribution >= 4 is 50.3 Å². The van der Waals surface area contributed by atoms with Crippen LogP contribution < -0.4 is 5.32 Å². The van der Waals surface area contributed by atoms with Gasteiger partial charge in [-0.15, -0.1) is 0 Å². The van der Waals surface area contributed by atoms with E-state index in [1.54, 1.807) is 24.3 Å². The number of benzene rings is 2. The minimum atomic E-state index is -0.832. The summed E-state index contributed by atoms with van der Waals surface area (Å²) in [4.78, 5) is 27.9. The molecule has 0 bridgehead atoms. The van der Waals surface area contributed by atoms with Crippen LogP contribution in [0.25, 0.3) is 10.9 Å². The van der Waals surface area contributed by atoms with E-state index in [1.807, 2.05) is 24.4 Å². The number of H-pyrrole nitrogens is 1. The van der Waals surface area contributed by atoms with Crippen molar-refractivity contribution in [1.82, 2.24) is 10.3 Å². The summed E-state index contributed by atoms with van der Waals surface area (Å²) in [6.45, 7) is 0. The predicted molar refractivity (Wildman–Crippen MR) is 104 cm³/mol. The van der Waals surface area contributed by atoms with E-state index in [2.05, 4.69) is 26.2 Å². The van der Waals surface area contributed by atoms with Crippen molar-refractivity contribution in [3.8, 4) is 0 Å². The van der Waals surface area contributed by atoms with Gasteiger partial charge in [0.2, 0.25) is 0 Å². The molecule has 0 radical (unpaired) electrons. The fourth-order valence-corrected chi connectivity index (χ4v) is 3.34. The number of ether oxygens (including phenoxy) is 1. The zero-order valence-electron chi connectivity index (χ0n) is 13.9. The molecule has 1 amide bonds. The minimum Gasteiger partial charge on any atom is -0.467 e. The fraction of sp³-hybridized carbons (Fsp3) is 0.158. The molecule has 0 saturated carbocycles. The maximum absolute atomic E-state index is 12.5. The van der Waals surface area contributed by atoms with E-state index in [0.717, 1.165) is 20.9 Å². The summed E-state index contributed by atoms with van der Waals surface area (Å²) < 4.78 is 5.79. The monoisotopic (exact) mass is 434 g/mol. The molecule has 26 heavy (non-hydrogen) atoms. The molecule has 0 aliphatic rings. The van der Waals surface area contributed by atoms with Gasteiger partial charge in [-0.25, -0.2) is 4.79 Å². The van der Waals surface area contributed by atoms with Crippen molar-refractivity contribution in [3.63, 3.8) is 0 Å². The number of rotatable bonds is 5. The van der Waals surface area contributed by atoms with Gasteiger partial charge in [0, 0.05) is 28.0 Å². The molecule has 3 aromatic rings. The number of hydrogen-bond acceptors (Lipinski definition) is 3. The molecule has 0 saturated heterocycles. The van der Waals surface area contributed by atoms with Crippen molar-refractivity contribution < 1.29 is 14.3 Å². The third kappa shape index (κ3) is 3.92. The van der Waals surface area contributed by atoms with E-state index < -0.39 is 17.9 Å². The number of esters is 1. The summed E-state index contributed by atoms with van der Waals surface area (Å²) >= 11 is 9.52. The van der Waals surface area contributed by atoms with Gasteiger partial charge in [-0.1, -0.05) is 39.7 Å². The van der Waals surface area contributed by atoms with E-state index >= 15 is 0 Å². The van der Waals surface area contributed by atoms with Crippen molar-refractivity contribution in [2.24, 2.45) is 0 Å². The number of fused-ring (bicyclic) bond motifs is 1.